The zero-order chi connectivity index (χ0) is 12.8. The predicted octanol–water partition coefficient (Wildman–Crippen LogP) is 4.09. The Morgan fingerprint density at radius 2 is 1.94 bits per heavy atom. The molecule has 1 rings (SSSR count). The van der Waals surface area contributed by atoms with Gasteiger partial charge in [-0.1, -0.05) is 48.7 Å². The van der Waals surface area contributed by atoms with E-state index in [-0.39, 0.29) is 6.04 Å². The third-order valence-electron chi connectivity index (χ3n) is 3.53. The molecule has 96 valence electrons. The molecule has 0 saturated carbocycles. The van der Waals surface area contributed by atoms with Crippen molar-refractivity contribution in [1.29, 1.82) is 0 Å². The van der Waals surface area contributed by atoms with Crippen molar-refractivity contribution in [2.45, 2.75) is 46.1 Å². The van der Waals surface area contributed by atoms with Gasteiger partial charge < -0.3 is 0 Å². The van der Waals surface area contributed by atoms with Gasteiger partial charge in [0.2, 0.25) is 0 Å². The molecule has 0 aliphatic rings. The molecular weight excluding hydrogens is 276 g/mol. The average Bonchev–Trinajstić information content (AvgIpc) is 2.32. The lowest BCUT2D eigenvalue weighted by atomic mass is 9.90. The van der Waals surface area contributed by atoms with E-state index in [2.05, 4.69) is 60.3 Å². The van der Waals surface area contributed by atoms with Gasteiger partial charge in [-0.2, -0.15) is 0 Å². The summed E-state index contributed by atoms with van der Waals surface area (Å²) in [5, 5.41) is 0. The van der Waals surface area contributed by atoms with Crippen molar-refractivity contribution in [1.82, 2.24) is 5.43 Å². The SMILES string of the molecule is CCC(CC)CC(NN)c1ccc(Br)cc1C. The molecule has 0 saturated heterocycles. The zero-order valence-corrected chi connectivity index (χ0v) is 12.5. The number of nitrogens with two attached hydrogens (primary N) is 1. The quantitative estimate of drug-likeness (QED) is 0.613. The van der Waals surface area contributed by atoms with Crippen LogP contribution in [0.5, 0.6) is 0 Å². The number of hydrogen-bond donors (Lipinski definition) is 2. The molecule has 1 unspecified atom stereocenters. The van der Waals surface area contributed by atoms with Gasteiger partial charge >= 0.3 is 0 Å². The van der Waals surface area contributed by atoms with Gasteiger partial charge in [0, 0.05) is 10.5 Å². The number of benzene rings is 1. The molecule has 0 amide bonds. The molecule has 1 atom stereocenters. The van der Waals surface area contributed by atoms with Crippen molar-refractivity contribution in [2.75, 3.05) is 0 Å². The summed E-state index contributed by atoms with van der Waals surface area (Å²) in [6.07, 6.45) is 3.53. The van der Waals surface area contributed by atoms with E-state index in [0.29, 0.717) is 0 Å². The average molecular weight is 299 g/mol. The molecule has 3 N–H and O–H groups in total. The number of hydrazine groups is 1. The molecule has 0 fully saturated rings. The summed E-state index contributed by atoms with van der Waals surface area (Å²) in [6.45, 7) is 6.63. The van der Waals surface area contributed by atoms with Crippen LogP contribution in [0.3, 0.4) is 0 Å². The Kier molecular flexibility index (Phi) is 6.17. The standard InChI is InChI=1S/C14H23BrN2/c1-4-11(5-2)9-14(17-16)13-7-6-12(15)8-10(13)3/h6-8,11,14,17H,4-5,9,16H2,1-3H3. The van der Waals surface area contributed by atoms with Gasteiger partial charge in [-0.05, 0) is 42.5 Å². The maximum Gasteiger partial charge on any atom is 0.0465 e. The Labute approximate surface area is 113 Å². The summed E-state index contributed by atoms with van der Waals surface area (Å²) in [5.74, 6) is 6.44. The molecule has 0 aromatic heterocycles. The summed E-state index contributed by atoms with van der Waals surface area (Å²) in [5.41, 5.74) is 5.56. The fraction of sp³-hybridized carbons (Fsp3) is 0.571. The van der Waals surface area contributed by atoms with Crippen LogP contribution < -0.4 is 11.3 Å². The first-order chi connectivity index (χ1) is 8.12. The summed E-state index contributed by atoms with van der Waals surface area (Å²) >= 11 is 3.49. The van der Waals surface area contributed by atoms with Gasteiger partial charge in [0.25, 0.3) is 0 Å². The Morgan fingerprint density at radius 3 is 2.41 bits per heavy atom. The predicted molar refractivity (Wildman–Crippen MR) is 77.6 cm³/mol. The van der Waals surface area contributed by atoms with E-state index < -0.39 is 0 Å². The van der Waals surface area contributed by atoms with Crippen molar-refractivity contribution >= 4 is 15.9 Å². The van der Waals surface area contributed by atoms with Crippen LogP contribution in [-0.4, -0.2) is 0 Å². The highest BCUT2D eigenvalue weighted by atomic mass is 79.9. The van der Waals surface area contributed by atoms with Crippen LogP contribution in [0.2, 0.25) is 0 Å². The third-order valence-corrected chi connectivity index (χ3v) is 4.03. The van der Waals surface area contributed by atoms with Gasteiger partial charge in [-0.15, -0.1) is 0 Å². The smallest absolute Gasteiger partial charge is 0.0465 e. The molecule has 17 heavy (non-hydrogen) atoms. The minimum absolute atomic E-state index is 0.257. The molecule has 0 aliphatic heterocycles. The van der Waals surface area contributed by atoms with Crippen LogP contribution in [0, 0.1) is 12.8 Å². The lowest BCUT2D eigenvalue weighted by molar-refractivity contribution is 0.374. The maximum atomic E-state index is 5.71. The summed E-state index contributed by atoms with van der Waals surface area (Å²) < 4.78 is 1.12. The Balaban J connectivity index is 2.85. The molecule has 1 aromatic carbocycles. The van der Waals surface area contributed by atoms with E-state index in [9.17, 15) is 0 Å². The lowest BCUT2D eigenvalue weighted by Gasteiger charge is -2.23. The second-order valence-electron chi connectivity index (χ2n) is 4.64. The highest BCUT2D eigenvalue weighted by Crippen LogP contribution is 2.28. The molecule has 0 heterocycles. The van der Waals surface area contributed by atoms with Gasteiger partial charge in [-0.25, -0.2) is 0 Å². The molecule has 3 heteroatoms. The van der Waals surface area contributed by atoms with Gasteiger partial charge in [0.15, 0.2) is 0 Å². The highest BCUT2D eigenvalue weighted by Gasteiger charge is 2.16. The van der Waals surface area contributed by atoms with E-state index in [0.717, 1.165) is 16.8 Å². The molecule has 1 aromatic rings. The molecule has 0 bridgehead atoms. The van der Waals surface area contributed by atoms with Crippen molar-refractivity contribution in [3.63, 3.8) is 0 Å². The second kappa shape index (κ2) is 7.14. The van der Waals surface area contributed by atoms with E-state index in [4.69, 9.17) is 5.84 Å². The van der Waals surface area contributed by atoms with Crippen LogP contribution in [0.4, 0.5) is 0 Å². The first-order valence-electron chi connectivity index (χ1n) is 6.34. The molecule has 2 nitrogen and oxygen atoms in total. The lowest BCUT2D eigenvalue weighted by Crippen LogP contribution is -2.30. The van der Waals surface area contributed by atoms with E-state index in [1.165, 1.54) is 24.0 Å². The molecule has 0 aliphatic carbocycles. The second-order valence-corrected chi connectivity index (χ2v) is 5.55. The van der Waals surface area contributed by atoms with Crippen LogP contribution in [0.1, 0.15) is 50.3 Å². The van der Waals surface area contributed by atoms with Crippen molar-refractivity contribution in [3.05, 3.63) is 33.8 Å². The van der Waals surface area contributed by atoms with Crippen LogP contribution in [0.15, 0.2) is 22.7 Å². The molecular formula is C14H23BrN2. The largest absolute Gasteiger partial charge is 0.271 e. The maximum absolute atomic E-state index is 5.71. The first kappa shape index (κ1) is 14.7. The van der Waals surface area contributed by atoms with Crippen LogP contribution in [0.25, 0.3) is 0 Å². The van der Waals surface area contributed by atoms with Crippen molar-refractivity contribution < 1.29 is 0 Å². The summed E-state index contributed by atoms with van der Waals surface area (Å²) in [7, 11) is 0. The minimum Gasteiger partial charge on any atom is -0.271 e. The summed E-state index contributed by atoms with van der Waals surface area (Å²) in [4.78, 5) is 0. The van der Waals surface area contributed by atoms with Crippen molar-refractivity contribution in [2.24, 2.45) is 11.8 Å². The number of aryl methyl sites for hydroxylation is 1. The van der Waals surface area contributed by atoms with Crippen molar-refractivity contribution in [3.8, 4) is 0 Å². The number of nitrogens with one attached hydrogen (secondary N) is 1. The Hall–Kier alpha value is -0.380. The monoisotopic (exact) mass is 298 g/mol. The number of rotatable bonds is 6. The van der Waals surface area contributed by atoms with E-state index in [1.54, 1.807) is 0 Å². The highest BCUT2D eigenvalue weighted by molar-refractivity contribution is 9.10. The summed E-state index contributed by atoms with van der Waals surface area (Å²) in [6, 6.07) is 6.64. The Morgan fingerprint density at radius 1 is 1.29 bits per heavy atom. The first-order valence-corrected chi connectivity index (χ1v) is 7.13. The van der Waals surface area contributed by atoms with E-state index in [1.807, 2.05) is 0 Å². The van der Waals surface area contributed by atoms with Crippen LogP contribution in [-0.2, 0) is 0 Å². The number of halogens is 1. The fourth-order valence-corrected chi connectivity index (χ4v) is 2.75. The molecule has 0 spiro atoms. The third kappa shape index (κ3) is 4.09. The normalized spacial score (nSPS) is 13.1. The fourth-order valence-electron chi connectivity index (χ4n) is 2.27. The Bertz CT molecular complexity index is 348. The zero-order valence-electron chi connectivity index (χ0n) is 11.0. The van der Waals surface area contributed by atoms with Gasteiger partial charge in [0.1, 0.15) is 0 Å². The number of hydrogen-bond acceptors (Lipinski definition) is 2. The van der Waals surface area contributed by atoms with Gasteiger partial charge in [0.05, 0.1) is 0 Å². The minimum atomic E-state index is 0.257. The molecule has 0 radical (unpaired) electrons. The topological polar surface area (TPSA) is 38.0 Å². The van der Waals surface area contributed by atoms with E-state index >= 15 is 0 Å². The van der Waals surface area contributed by atoms with Crippen LogP contribution >= 0.6 is 15.9 Å². The van der Waals surface area contributed by atoms with Gasteiger partial charge in [-0.3, -0.25) is 11.3 Å².